The van der Waals surface area contributed by atoms with E-state index in [1.807, 2.05) is 0 Å². The largest absolute Gasteiger partial charge is 0.369 e. The van der Waals surface area contributed by atoms with Gasteiger partial charge in [0.15, 0.2) is 0 Å². The van der Waals surface area contributed by atoms with Crippen molar-refractivity contribution in [2.45, 2.75) is 91.3 Å². The van der Waals surface area contributed by atoms with Crippen LogP contribution in [-0.2, 0) is 4.74 Å². The van der Waals surface area contributed by atoms with Gasteiger partial charge in [0, 0.05) is 0 Å². The molecule has 0 N–H and O–H groups in total. The summed E-state index contributed by atoms with van der Waals surface area (Å²) in [5.41, 5.74) is 1.25. The lowest BCUT2D eigenvalue weighted by atomic mass is 9.45. The Labute approximate surface area is 119 Å². The highest BCUT2D eigenvalue weighted by Gasteiger charge is 2.63. The van der Waals surface area contributed by atoms with Crippen molar-refractivity contribution in [3.63, 3.8) is 0 Å². The third-order valence-electron chi connectivity index (χ3n) is 6.94. The average Bonchev–Trinajstić information content (AvgIpc) is 2.47. The lowest BCUT2D eigenvalue weighted by Gasteiger charge is -2.60. The normalized spacial score (nSPS) is 51.5. The highest BCUT2D eigenvalue weighted by Crippen LogP contribution is 2.66. The van der Waals surface area contributed by atoms with Gasteiger partial charge in [-0.3, -0.25) is 0 Å². The fourth-order valence-corrected chi connectivity index (χ4v) is 6.34. The van der Waals surface area contributed by atoms with Crippen LogP contribution < -0.4 is 0 Å². The Kier molecular flexibility index (Phi) is 2.77. The summed E-state index contributed by atoms with van der Waals surface area (Å²) in [6.45, 7) is 14.6. The second kappa shape index (κ2) is 3.78. The van der Waals surface area contributed by atoms with E-state index in [9.17, 15) is 0 Å². The molecule has 19 heavy (non-hydrogen) atoms. The molecule has 0 radical (unpaired) electrons. The molecule has 0 amide bonds. The molecule has 110 valence electrons. The Morgan fingerprint density at radius 2 is 1.53 bits per heavy atom. The van der Waals surface area contributed by atoms with E-state index in [1.165, 1.54) is 38.5 Å². The van der Waals surface area contributed by atoms with Crippen LogP contribution in [-0.4, -0.2) is 11.2 Å². The highest BCUT2D eigenvalue weighted by atomic mass is 16.5. The molecular formula is C18H32O. The standard InChI is InChI=1S/C18H32O/c1-15(2)9-7-10-17(5)13(15)8-11-18(6)14(17)12-16(3,4)19-18/h13-14H,7-12H2,1-6H3/t13?,14-,17+,18-/m1/s1. The van der Waals surface area contributed by atoms with Crippen LogP contribution in [0.2, 0.25) is 0 Å². The molecule has 2 aliphatic carbocycles. The van der Waals surface area contributed by atoms with Gasteiger partial charge in [-0.05, 0) is 75.5 Å². The van der Waals surface area contributed by atoms with Gasteiger partial charge >= 0.3 is 0 Å². The molecule has 0 aromatic carbocycles. The Morgan fingerprint density at radius 3 is 2.21 bits per heavy atom. The zero-order valence-electron chi connectivity index (χ0n) is 13.8. The Balaban J connectivity index is 1.99. The molecule has 1 heterocycles. The number of ether oxygens (including phenoxy) is 1. The van der Waals surface area contributed by atoms with Crippen LogP contribution in [0.5, 0.6) is 0 Å². The van der Waals surface area contributed by atoms with Crippen molar-refractivity contribution in [1.82, 2.24) is 0 Å². The zero-order valence-corrected chi connectivity index (χ0v) is 13.8. The lowest BCUT2D eigenvalue weighted by molar-refractivity contribution is -0.165. The molecule has 0 aromatic rings. The van der Waals surface area contributed by atoms with Crippen LogP contribution in [0.4, 0.5) is 0 Å². The average molecular weight is 264 g/mol. The fourth-order valence-electron chi connectivity index (χ4n) is 6.34. The van der Waals surface area contributed by atoms with Gasteiger partial charge in [-0.25, -0.2) is 0 Å². The minimum absolute atomic E-state index is 0.0822. The minimum Gasteiger partial charge on any atom is -0.369 e. The summed E-state index contributed by atoms with van der Waals surface area (Å²) in [7, 11) is 0. The molecule has 3 fully saturated rings. The van der Waals surface area contributed by atoms with E-state index in [1.54, 1.807) is 0 Å². The first-order valence-electron chi connectivity index (χ1n) is 8.29. The summed E-state index contributed by atoms with van der Waals surface area (Å²) in [5.74, 6) is 1.65. The smallest absolute Gasteiger partial charge is 0.0696 e. The molecule has 0 spiro atoms. The Morgan fingerprint density at radius 1 is 0.842 bits per heavy atom. The van der Waals surface area contributed by atoms with E-state index < -0.39 is 0 Å². The summed E-state index contributed by atoms with van der Waals surface area (Å²) in [4.78, 5) is 0. The monoisotopic (exact) mass is 264 g/mol. The van der Waals surface area contributed by atoms with Crippen LogP contribution in [0.25, 0.3) is 0 Å². The van der Waals surface area contributed by atoms with Gasteiger partial charge < -0.3 is 4.74 Å². The van der Waals surface area contributed by atoms with E-state index in [-0.39, 0.29) is 11.2 Å². The van der Waals surface area contributed by atoms with E-state index in [2.05, 4.69) is 41.5 Å². The summed E-state index contributed by atoms with van der Waals surface area (Å²) < 4.78 is 6.52. The van der Waals surface area contributed by atoms with E-state index >= 15 is 0 Å². The summed E-state index contributed by atoms with van der Waals surface area (Å²) >= 11 is 0. The highest BCUT2D eigenvalue weighted by molar-refractivity contribution is 5.12. The zero-order chi connectivity index (χ0) is 14.1. The lowest BCUT2D eigenvalue weighted by Crippen LogP contribution is -2.55. The molecule has 3 rings (SSSR count). The number of rotatable bonds is 0. The van der Waals surface area contributed by atoms with Crippen molar-refractivity contribution >= 4 is 0 Å². The van der Waals surface area contributed by atoms with Crippen molar-refractivity contribution < 1.29 is 4.74 Å². The first-order valence-corrected chi connectivity index (χ1v) is 8.29. The van der Waals surface area contributed by atoms with Crippen LogP contribution in [0.1, 0.15) is 80.1 Å². The second-order valence-electron chi connectivity index (χ2n) is 9.37. The molecule has 1 saturated heterocycles. The quantitative estimate of drug-likeness (QED) is 0.585. The number of hydrogen-bond acceptors (Lipinski definition) is 1. The minimum atomic E-state index is 0.0822. The topological polar surface area (TPSA) is 9.23 Å². The van der Waals surface area contributed by atoms with Crippen LogP contribution in [0.3, 0.4) is 0 Å². The van der Waals surface area contributed by atoms with E-state index in [4.69, 9.17) is 4.74 Å². The van der Waals surface area contributed by atoms with Crippen LogP contribution >= 0.6 is 0 Å². The summed E-state index contributed by atoms with van der Waals surface area (Å²) in [5, 5.41) is 0. The Hall–Kier alpha value is -0.0400. The molecule has 1 unspecified atom stereocenters. The van der Waals surface area contributed by atoms with E-state index in [0.29, 0.717) is 10.8 Å². The van der Waals surface area contributed by atoms with Gasteiger partial charge in [-0.1, -0.05) is 27.2 Å². The molecule has 1 nitrogen and oxygen atoms in total. The molecule has 0 bridgehead atoms. The maximum absolute atomic E-state index is 6.52. The summed E-state index contributed by atoms with van der Waals surface area (Å²) in [6, 6.07) is 0. The molecular weight excluding hydrogens is 232 g/mol. The molecule has 1 heteroatoms. The van der Waals surface area contributed by atoms with E-state index in [0.717, 1.165) is 11.8 Å². The fraction of sp³-hybridized carbons (Fsp3) is 1.00. The predicted molar refractivity (Wildman–Crippen MR) is 80.1 cm³/mol. The van der Waals surface area contributed by atoms with Gasteiger partial charge in [0.2, 0.25) is 0 Å². The third kappa shape index (κ3) is 1.91. The van der Waals surface area contributed by atoms with Crippen molar-refractivity contribution in [2.75, 3.05) is 0 Å². The van der Waals surface area contributed by atoms with Crippen molar-refractivity contribution in [2.24, 2.45) is 22.7 Å². The maximum Gasteiger partial charge on any atom is 0.0696 e. The van der Waals surface area contributed by atoms with Crippen LogP contribution in [0, 0.1) is 22.7 Å². The molecule has 4 atom stereocenters. The van der Waals surface area contributed by atoms with Gasteiger partial charge in [0.05, 0.1) is 11.2 Å². The first-order chi connectivity index (χ1) is 8.59. The molecule has 2 saturated carbocycles. The summed E-state index contributed by atoms with van der Waals surface area (Å²) in [6.07, 6.45) is 8.14. The SMILES string of the molecule is CC1(C)C[C@H]2[C@@](C)(CCC3C(C)(C)CCC[C@@]32C)O1. The Bertz CT molecular complexity index is 383. The number of fused-ring (bicyclic) bond motifs is 3. The van der Waals surface area contributed by atoms with Gasteiger partial charge in [-0.15, -0.1) is 0 Å². The predicted octanol–water partition coefficient (Wildman–Crippen LogP) is 5.19. The van der Waals surface area contributed by atoms with Crippen molar-refractivity contribution in [3.8, 4) is 0 Å². The molecule has 0 aromatic heterocycles. The third-order valence-corrected chi connectivity index (χ3v) is 6.94. The van der Waals surface area contributed by atoms with Crippen LogP contribution in [0.15, 0.2) is 0 Å². The van der Waals surface area contributed by atoms with Gasteiger partial charge in [-0.2, -0.15) is 0 Å². The number of hydrogen-bond donors (Lipinski definition) is 0. The van der Waals surface area contributed by atoms with Crippen molar-refractivity contribution in [1.29, 1.82) is 0 Å². The molecule has 3 aliphatic rings. The first kappa shape index (κ1) is 13.9. The maximum atomic E-state index is 6.52. The van der Waals surface area contributed by atoms with Gasteiger partial charge in [0.25, 0.3) is 0 Å². The van der Waals surface area contributed by atoms with Gasteiger partial charge in [0.1, 0.15) is 0 Å². The second-order valence-corrected chi connectivity index (χ2v) is 9.37. The molecule has 1 aliphatic heterocycles. The van der Waals surface area contributed by atoms with Crippen molar-refractivity contribution in [3.05, 3.63) is 0 Å².